The van der Waals surface area contributed by atoms with Crippen LogP contribution in [0, 0.1) is 0 Å². The summed E-state index contributed by atoms with van der Waals surface area (Å²) in [5.74, 6) is 0. The van der Waals surface area contributed by atoms with Gasteiger partial charge in [-0.2, -0.15) is 11.6 Å². The molecule has 1 nitrogen and oxygen atoms in total. The van der Waals surface area contributed by atoms with Crippen LogP contribution in [0.2, 0.25) is 0 Å². The molecule has 0 aromatic heterocycles. The largest absolute Gasteiger partial charge is 0.336 e. The van der Waals surface area contributed by atoms with E-state index in [2.05, 4.69) is 55.8 Å². The Hall–Kier alpha value is -0.405. The number of likely N-dealkylation sites (N-methyl/N-ethyl adjacent to an activating group) is 1. The Kier molecular flexibility index (Phi) is 2.65. The van der Waals surface area contributed by atoms with Gasteiger partial charge in [-0.05, 0) is 19.5 Å². The van der Waals surface area contributed by atoms with E-state index >= 15 is 0 Å². The zero-order valence-corrected chi connectivity index (χ0v) is 8.79. The van der Waals surface area contributed by atoms with Crippen molar-refractivity contribution in [1.29, 1.82) is 0 Å². The molecule has 0 amide bonds. The predicted octanol–water partition coefficient (Wildman–Crippen LogP) is 2.33. The topological polar surface area (TPSA) is 3.24 Å². The fourth-order valence-corrected chi connectivity index (χ4v) is 2.83. The molecule has 2 rings (SSSR count). The van der Waals surface area contributed by atoms with Gasteiger partial charge in [0.25, 0.3) is 6.69 Å². The number of hydrogen-bond donors (Lipinski definition) is 0. The van der Waals surface area contributed by atoms with Gasteiger partial charge in [-0.3, -0.25) is 0 Å². The van der Waals surface area contributed by atoms with Crippen LogP contribution in [0.4, 0.5) is 0 Å². The summed E-state index contributed by atoms with van der Waals surface area (Å²) in [6, 6.07) is 11.3. The van der Waals surface area contributed by atoms with Crippen molar-refractivity contribution >= 4 is 18.3 Å². The van der Waals surface area contributed by atoms with Gasteiger partial charge in [0.05, 0.1) is 0 Å². The maximum atomic E-state index is 2.28. The minimum Gasteiger partial charge on any atom is -0.336 e. The lowest BCUT2D eigenvalue weighted by Gasteiger charge is -2.20. The minimum absolute atomic E-state index is 0.603. The molecule has 0 bridgehead atoms. The van der Waals surface area contributed by atoms with Gasteiger partial charge in [-0.1, -0.05) is 30.3 Å². The third-order valence-electron chi connectivity index (χ3n) is 2.58. The number of hydrogen-bond acceptors (Lipinski definition) is 2. The molecule has 2 unspecified atom stereocenters. The van der Waals surface area contributed by atoms with Crippen molar-refractivity contribution in [3.63, 3.8) is 0 Å². The first kappa shape index (κ1) is 9.16. The average molecular weight is 190 g/mol. The van der Waals surface area contributed by atoms with E-state index in [0.29, 0.717) is 11.3 Å². The van der Waals surface area contributed by atoms with Crippen LogP contribution in [0.3, 0.4) is 0 Å². The van der Waals surface area contributed by atoms with Gasteiger partial charge in [-0.15, -0.1) is 0 Å². The second-order valence-electron chi connectivity index (χ2n) is 3.48. The highest BCUT2D eigenvalue weighted by atomic mass is 32.2. The summed E-state index contributed by atoms with van der Waals surface area (Å²) in [5, 5.41) is 0.603. The van der Waals surface area contributed by atoms with Crippen molar-refractivity contribution in [2.75, 3.05) is 7.05 Å². The fourth-order valence-electron chi connectivity index (χ4n) is 1.58. The molecule has 1 aromatic carbocycles. The Morgan fingerprint density at radius 1 is 1.31 bits per heavy atom. The van der Waals surface area contributed by atoms with Crippen molar-refractivity contribution in [2.24, 2.45) is 0 Å². The molecule has 67 valence electrons. The lowest BCUT2D eigenvalue weighted by molar-refractivity contribution is 0.422. The summed E-state index contributed by atoms with van der Waals surface area (Å²) in [5.41, 5.74) is 1.43. The summed E-state index contributed by atoms with van der Waals surface area (Å²) >= 11 is 1.91. The first-order chi connectivity index (χ1) is 6.29. The molecule has 0 spiro atoms. The molecule has 1 saturated heterocycles. The minimum atomic E-state index is 0.603. The molecule has 0 aliphatic carbocycles. The monoisotopic (exact) mass is 190 g/mol. The van der Waals surface area contributed by atoms with Crippen molar-refractivity contribution in [2.45, 2.75) is 18.2 Å². The lowest BCUT2D eigenvalue weighted by Crippen LogP contribution is -2.26. The maximum absolute atomic E-state index is 2.28. The van der Waals surface area contributed by atoms with E-state index < -0.39 is 0 Å². The first-order valence-corrected chi connectivity index (χ1v) is 5.49. The van der Waals surface area contributed by atoms with E-state index in [1.54, 1.807) is 0 Å². The van der Waals surface area contributed by atoms with Gasteiger partial charge >= 0.3 is 0 Å². The highest BCUT2D eigenvalue weighted by molar-refractivity contribution is 8.22. The van der Waals surface area contributed by atoms with Crippen LogP contribution in [0.15, 0.2) is 30.3 Å². The summed E-state index contributed by atoms with van der Waals surface area (Å²) < 4.78 is 0. The van der Waals surface area contributed by atoms with Crippen molar-refractivity contribution < 1.29 is 0 Å². The Morgan fingerprint density at radius 2 is 2.00 bits per heavy atom. The molecule has 1 heterocycles. The highest BCUT2D eigenvalue weighted by Gasteiger charge is 2.30. The Morgan fingerprint density at radius 3 is 2.54 bits per heavy atom. The normalized spacial score (nSPS) is 28.8. The van der Waals surface area contributed by atoms with Crippen LogP contribution < -0.4 is 0 Å². The second-order valence-corrected chi connectivity index (χ2v) is 4.47. The van der Waals surface area contributed by atoms with Gasteiger partial charge in [-0.25, -0.2) is 0 Å². The molecule has 1 aromatic rings. The van der Waals surface area contributed by atoms with Crippen molar-refractivity contribution in [3.05, 3.63) is 35.9 Å². The maximum Gasteiger partial charge on any atom is 0.289 e. The van der Waals surface area contributed by atoms with Crippen LogP contribution in [0.5, 0.6) is 0 Å². The molecular formula is C10H13BNS. The summed E-state index contributed by atoms with van der Waals surface area (Å²) in [4.78, 5) is 2.28. The molecule has 2 atom stereocenters. The standard InChI is InChI=1S/C10H13BNS/c1-8-10(13-11-12(8)2)9-6-4-3-5-7-9/h3-8,10H,1-2H3. The molecule has 3 heteroatoms. The predicted molar refractivity (Wildman–Crippen MR) is 59.8 cm³/mol. The van der Waals surface area contributed by atoms with Crippen LogP contribution in [0.1, 0.15) is 17.7 Å². The van der Waals surface area contributed by atoms with Crippen molar-refractivity contribution in [1.82, 2.24) is 4.81 Å². The van der Waals surface area contributed by atoms with Gasteiger partial charge < -0.3 is 4.81 Å². The SMILES string of the molecule is CC1C(c2ccccc2)S[B]N1C. The third kappa shape index (κ3) is 1.76. The highest BCUT2D eigenvalue weighted by Crippen LogP contribution is 2.38. The van der Waals surface area contributed by atoms with Crippen LogP contribution in [-0.4, -0.2) is 24.6 Å². The van der Waals surface area contributed by atoms with Crippen LogP contribution >= 0.6 is 11.6 Å². The van der Waals surface area contributed by atoms with Crippen LogP contribution in [0.25, 0.3) is 0 Å². The summed E-state index contributed by atoms with van der Waals surface area (Å²) in [6.07, 6.45) is 0. The van der Waals surface area contributed by atoms with E-state index in [-0.39, 0.29) is 0 Å². The molecule has 1 fully saturated rings. The number of rotatable bonds is 1. The van der Waals surface area contributed by atoms with Gasteiger partial charge in [0, 0.05) is 11.3 Å². The zero-order chi connectivity index (χ0) is 9.26. The Bertz CT molecular complexity index is 278. The van der Waals surface area contributed by atoms with E-state index in [1.165, 1.54) is 5.56 Å². The molecule has 1 radical (unpaired) electrons. The smallest absolute Gasteiger partial charge is 0.289 e. The molecule has 13 heavy (non-hydrogen) atoms. The van der Waals surface area contributed by atoms with Gasteiger partial charge in [0.1, 0.15) is 0 Å². The molecule has 0 saturated carbocycles. The second kappa shape index (κ2) is 3.76. The third-order valence-corrected chi connectivity index (χ3v) is 4.00. The lowest BCUT2D eigenvalue weighted by atomic mass is 10.0. The Balaban J connectivity index is 2.19. The number of benzene rings is 1. The van der Waals surface area contributed by atoms with Crippen molar-refractivity contribution in [3.8, 4) is 0 Å². The van der Waals surface area contributed by atoms with E-state index in [4.69, 9.17) is 0 Å². The fraction of sp³-hybridized carbons (Fsp3) is 0.400. The zero-order valence-electron chi connectivity index (χ0n) is 7.97. The summed E-state index contributed by atoms with van der Waals surface area (Å²) in [7, 11) is 2.14. The number of nitrogens with zero attached hydrogens (tertiary/aromatic N) is 1. The summed E-state index contributed by atoms with van der Waals surface area (Å²) in [6.45, 7) is 4.48. The molecule has 1 aliphatic heterocycles. The van der Waals surface area contributed by atoms with Gasteiger partial charge in [0.15, 0.2) is 0 Å². The Labute approximate surface area is 84.7 Å². The average Bonchev–Trinajstić information content (AvgIpc) is 2.49. The van der Waals surface area contributed by atoms with Gasteiger partial charge in [0.2, 0.25) is 0 Å². The molecule has 1 aliphatic rings. The first-order valence-electron chi connectivity index (χ1n) is 4.55. The molecule has 0 N–H and O–H groups in total. The van der Waals surface area contributed by atoms with E-state index in [9.17, 15) is 0 Å². The van der Waals surface area contributed by atoms with E-state index in [0.717, 1.165) is 0 Å². The molecular weight excluding hydrogens is 177 g/mol. The van der Waals surface area contributed by atoms with Crippen LogP contribution in [-0.2, 0) is 0 Å². The van der Waals surface area contributed by atoms with E-state index in [1.807, 2.05) is 11.6 Å². The quantitative estimate of drug-likeness (QED) is 0.625.